The molecule has 2 amide bonds. The van der Waals surface area contributed by atoms with E-state index in [2.05, 4.69) is 5.32 Å². The van der Waals surface area contributed by atoms with E-state index in [1.54, 1.807) is 24.1 Å². The third kappa shape index (κ3) is 4.06. The smallest absolute Gasteiger partial charge is 0.264 e. The third-order valence-corrected chi connectivity index (χ3v) is 5.51. The summed E-state index contributed by atoms with van der Waals surface area (Å²) < 4.78 is 5.85. The van der Waals surface area contributed by atoms with Crippen molar-refractivity contribution in [1.29, 1.82) is 0 Å². The summed E-state index contributed by atoms with van der Waals surface area (Å²) in [4.78, 5) is 27.1. The Hall–Kier alpha value is -3.60. The number of benzene rings is 3. The number of nitrogens with one attached hydrogen (secondary N) is 1. The van der Waals surface area contributed by atoms with Gasteiger partial charge < -0.3 is 15.0 Å². The second-order valence-electron chi connectivity index (χ2n) is 7.49. The number of nitrogens with zero attached hydrogens (tertiary/aromatic N) is 1. The lowest BCUT2D eigenvalue weighted by molar-refractivity contribution is -0.138. The number of rotatable bonds is 5. The maximum absolute atomic E-state index is 13.0. The normalized spacial score (nSPS) is 15.6. The first-order valence-electron chi connectivity index (χ1n) is 10.0. The first-order valence-corrected chi connectivity index (χ1v) is 10.0. The first kappa shape index (κ1) is 19.7. The van der Waals surface area contributed by atoms with Crippen LogP contribution in [0.3, 0.4) is 0 Å². The quantitative estimate of drug-likeness (QED) is 0.688. The van der Waals surface area contributed by atoms with Crippen LogP contribution in [0.25, 0.3) is 0 Å². The van der Waals surface area contributed by atoms with E-state index in [0.29, 0.717) is 17.7 Å². The lowest BCUT2D eigenvalue weighted by Crippen LogP contribution is -2.40. The fourth-order valence-electron chi connectivity index (χ4n) is 3.63. The van der Waals surface area contributed by atoms with Crippen molar-refractivity contribution in [2.75, 3.05) is 12.4 Å². The minimum atomic E-state index is -0.504. The number of carbonyl (C=O) groups is 2. The van der Waals surface area contributed by atoms with Crippen molar-refractivity contribution in [1.82, 2.24) is 4.90 Å². The molecule has 3 aromatic carbocycles. The Bertz CT molecular complexity index is 1040. The number of para-hydroxylation sites is 1. The van der Waals surface area contributed by atoms with Crippen molar-refractivity contribution in [2.24, 2.45) is 0 Å². The van der Waals surface area contributed by atoms with Gasteiger partial charge in [-0.25, -0.2) is 0 Å². The molecular weight excluding hydrogens is 376 g/mol. The van der Waals surface area contributed by atoms with Gasteiger partial charge in [0.25, 0.3) is 11.8 Å². The monoisotopic (exact) mass is 400 g/mol. The zero-order valence-electron chi connectivity index (χ0n) is 17.0. The number of hydrogen-bond donors (Lipinski definition) is 1. The molecular formula is C25H24N2O3. The molecule has 5 heteroatoms. The molecule has 0 saturated heterocycles. The summed E-state index contributed by atoms with van der Waals surface area (Å²) in [6, 6.07) is 24.2. The van der Waals surface area contributed by atoms with Crippen molar-refractivity contribution < 1.29 is 14.3 Å². The van der Waals surface area contributed by atoms with E-state index in [1.807, 2.05) is 73.7 Å². The van der Waals surface area contributed by atoms with Crippen molar-refractivity contribution in [3.05, 3.63) is 95.6 Å². The van der Waals surface area contributed by atoms with Gasteiger partial charge in [-0.2, -0.15) is 0 Å². The van der Waals surface area contributed by atoms with Crippen LogP contribution in [0.15, 0.2) is 78.9 Å². The molecule has 152 valence electrons. The number of likely N-dealkylation sites (N-methyl/N-ethyl adjacent to an activating group) is 1. The molecule has 0 spiro atoms. The number of fused-ring (bicyclic) bond motifs is 1. The molecule has 1 N–H and O–H groups in total. The molecule has 3 aromatic rings. The van der Waals surface area contributed by atoms with Gasteiger partial charge in [0.15, 0.2) is 6.10 Å². The largest absolute Gasteiger partial charge is 0.480 e. The number of anilines is 1. The number of hydrogen-bond acceptors (Lipinski definition) is 3. The Morgan fingerprint density at radius 2 is 1.73 bits per heavy atom. The lowest BCUT2D eigenvalue weighted by Gasteiger charge is -2.28. The van der Waals surface area contributed by atoms with Crippen LogP contribution in [0.4, 0.5) is 5.69 Å². The fraction of sp³-hybridized carbons (Fsp3) is 0.200. The molecule has 4 rings (SSSR count). The highest BCUT2D eigenvalue weighted by molar-refractivity contribution is 6.04. The fourth-order valence-corrected chi connectivity index (χ4v) is 3.63. The Labute approximate surface area is 176 Å². The Morgan fingerprint density at radius 1 is 1.00 bits per heavy atom. The van der Waals surface area contributed by atoms with Gasteiger partial charge in [0.1, 0.15) is 5.75 Å². The van der Waals surface area contributed by atoms with Crippen LogP contribution in [0.5, 0.6) is 5.75 Å². The van der Waals surface area contributed by atoms with E-state index in [-0.39, 0.29) is 17.9 Å². The van der Waals surface area contributed by atoms with E-state index in [9.17, 15) is 9.59 Å². The summed E-state index contributed by atoms with van der Waals surface area (Å²) in [6.07, 6.45) is 0.0787. The van der Waals surface area contributed by atoms with Crippen LogP contribution in [0.2, 0.25) is 0 Å². The molecule has 2 atom stereocenters. The minimum absolute atomic E-state index is 0.0579. The summed E-state index contributed by atoms with van der Waals surface area (Å²) >= 11 is 0. The van der Waals surface area contributed by atoms with E-state index in [0.717, 1.165) is 16.9 Å². The zero-order valence-corrected chi connectivity index (χ0v) is 17.0. The zero-order chi connectivity index (χ0) is 21.1. The highest BCUT2D eigenvalue weighted by atomic mass is 16.5. The molecule has 30 heavy (non-hydrogen) atoms. The summed E-state index contributed by atoms with van der Waals surface area (Å²) in [5.41, 5.74) is 3.29. The van der Waals surface area contributed by atoms with E-state index in [4.69, 9.17) is 4.74 Å². The minimum Gasteiger partial charge on any atom is -0.480 e. The van der Waals surface area contributed by atoms with Crippen LogP contribution in [-0.4, -0.2) is 29.9 Å². The van der Waals surface area contributed by atoms with Crippen molar-refractivity contribution in [3.63, 3.8) is 0 Å². The van der Waals surface area contributed by atoms with Gasteiger partial charge in [0.05, 0.1) is 6.04 Å². The van der Waals surface area contributed by atoms with Crippen molar-refractivity contribution in [2.45, 2.75) is 25.5 Å². The predicted octanol–water partition coefficient (Wildman–Crippen LogP) is 4.46. The predicted molar refractivity (Wildman–Crippen MR) is 117 cm³/mol. The Balaban J connectivity index is 1.44. The molecule has 0 aliphatic carbocycles. The van der Waals surface area contributed by atoms with Gasteiger partial charge in [0.2, 0.25) is 0 Å². The lowest BCUT2D eigenvalue weighted by atomic mass is 10.0. The summed E-state index contributed by atoms with van der Waals surface area (Å²) in [5.74, 6) is 0.557. The summed E-state index contributed by atoms with van der Waals surface area (Å²) in [6.45, 7) is 1.97. The highest BCUT2D eigenvalue weighted by Crippen LogP contribution is 2.30. The molecule has 0 bridgehead atoms. The summed E-state index contributed by atoms with van der Waals surface area (Å²) in [5, 5.41) is 2.92. The Kier molecular flexibility index (Phi) is 5.53. The first-order chi connectivity index (χ1) is 14.5. The SMILES string of the molecule is CC(c1cccc(NC(=O)c2ccccc2)c1)N(C)C(=O)C1Cc2ccccc2O1. The molecule has 2 unspecified atom stereocenters. The summed E-state index contributed by atoms with van der Waals surface area (Å²) in [7, 11) is 1.79. The number of ether oxygens (including phenoxy) is 1. The molecule has 0 radical (unpaired) electrons. The molecule has 0 aromatic heterocycles. The van der Waals surface area contributed by atoms with Crippen molar-refractivity contribution >= 4 is 17.5 Å². The maximum atomic E-state index is 13.0. The second-order valence-corrected chi connectivity index (χ2v) is 7.49. The maximum Gasteiger partial charge on any atom is 0.264 e. The van der Waals surface area contributed by atoms with E-state index >= 15 is 0 Å². The second kappa shape index (κ2) is 8.41. The van der Waals surface area contributed by atoms with E-state index < -0.39 is 6.10 Å². The standard InChI is InChI=1S/C25H24N2O3/c1-17(27(2)25(29)23-16-20-11-6-7-14-22(20)30-23)19-12-8-13-21(15-19)26-24(28)18-9-4-3-5-10-18/h3-15,17,23H,16H2,1-2H3,(H,26,28). The number of carbonyl (C=O) groups excluding carboxylic acids is 2. The van der Waals surface area contributed by atoms with Gasteiger partial charge in [-0.15, -0.1) is 0 Å². The Morgan fingerprint density at radius 3 is 2.50 bits per heavy atom. The molecule has 1 aliphatic rings. The van der Waals surface area contributed by atoms with E-state index in [1.165, 1.54) is 0 Å². The molecule has 1 heterocycles. The van der Waals surface area contributed by atoms with Gasteiger partial charge in [-0.1, -0.05) is 48.5 Å². The molecule has 5 nitrogen and oxygen atoms in total. The molecule has 0 fully saturated rings. The highest BCUT2D eigenvalue weighted by Gasteiger charge is 2.32. The van der Waals surface area contributed by atoms with Gasteiger partial charge in [-0.05, 0) is 48.4 Å². The van der Waals surface area contributed by atoms with Gasteiger partial charge >= 0.3 is 0 Å². The average Bonchev–Trinajstić information content (AvgIpc) is 3.22. The topological polar surface area (TPSA) is 58.6 Å². The van der Waals surface area contributed by atoms with Crippen LogP contribution >= 0.6 is 0 Å². The van der Waals surface area contributed by atoms with Crippen LogP contribution in [0, 0.1) is 0 Å². The van der Waals surface area contributed by atoms with Crippen LogP contribution in [-0.2, 0) is 11.2 Å². The van der Waals surface area contributed by atoms with Crippen molar-refractivity contribution in [3.8, 4) is 5.75 Å². The molecule has 0 saturated carbocycles. The van der Waals surface area contributed by atoms with Crippen LogP contribution in [0.1, 0.15) is 34.5 Å². The molecule has 1 aliphatic heterocycles. The van der Waals surface area contributed by atoms with Crippen LogP contribution < -0.4 is 10.1 Å². The third-order valence-electron chi connectivity index (χ3n) is 5.51. The van der Waals surface area contributed by atoms with Gasteiger partial charge in [-0.3, -0.25) is 9.59 Å². The number of amides is 2. The average molecular weight is 400 g/mol. The van der Waals surface area contributed by atoms with Gasteiger partial charge in [0, 0.05) is 24.7 Å².